The van der Waals surface area contributed by atoms with Crippen LogP contribution < -0.4 is 0 Å². The number of nitrogens with zero attached hydrogens (tertiary/aromatic N) is 4. The Morgan fingerprint density at radius 2 is 2.18 bits per heavy atom. The van der Waals surface area contributed by atoms with Crippen molar-refractivity contribution in [1.29, 1.82) is 0 Å². The molecule has 1 N–H and O–H groups in total. The average molecular weight is 240 g/mol. The predicted molar refractivity (Wildman–Crippen MR) is 54.8 cm³/mol. The van der Waals surface area contributed by atoms with Crippen LogP contribution in [-0.2, 0) is 6.61 Å². The predicted octanol–water partition coefficient (Wildman–Crippen LogP) is 1.40. The monoisotopic (exact) mass is 240 g/mol. The molecule has 0 saturated carbocycles. The number of halogens is 2. The molecule has 2 rings (SSSR count). The lowest BCUT2D eigenvalue weighted by Crippen LogP contribution is -2.04. The van der Waals surface area contributed by atoms with Gasteiger partial charge in [-0.1, -0.05) is 5.21 Å². The second-order valence-corrected chi connectivity index (χ2v) is 3.43. The fourth-order valence-electron chi connectivity index (χ4n) is 1.42. The Kier molecular flexibility index (Phi) is 3.10. The summed E-state index contributed by atoms with van der Waals surface area (Å²) < 4.78 is 26.0. The molecule has 0 aromatic carbocycles. The second-order valence-electron chi connectivity index (χ2n) is 3.43. The van der Waals surface area contributed by atoms with Crippen LogP contribution in [0.25, 0.3) is 5.69 Å². The molecule has 5 nitrogen and oxygen atoms in total. The largest absolute Gasteiger partial charge is 0.390 e. The third kappa shape index (κ3) is 2.14. The summed E-state index contributed by atoms with van der Waals surface area (Å²) in [6.07, 6.45) is -1.33. The lowest BCUT2D eigenvalue weighted by atomic mass is 10.3. The summed E-state index contributed by atoms with van der Waals surface area (Å²) in [5, 5.41) is 16.8. The summed E-state index contributed by atoms with van der Waals surface area (Å²) in [7, 11) is 0. The van der Waals surface area contributed by atoms with E-state index in [4.69, 9.17) is 5.11 Å². The van der Waals surface area contributed by atoms with Gasteiger partial charge in [-0.15, -0.1) is 5.10 Å². The summed E-state index contributed by atoms with van der Waals surface area (Å²) in [6, 6.07) is 2.68. The molecule has 2 aromatic rings. The van der Waals surface area contributed by atoms with Gasteiger partial charge in [0.15, 0.2) is 0 Å². The van der Waals surface area contributed by atoms with Crippen molar-refractivity contribution < 1.29 is 13.9 Å². The third-order valence-electron chi connectivity index (χ3n) is 2.35. The molecule has 7 heteroatoms. The quantitative estimate of drug-likeness (QED) is 0.880. The van der Waals surface area contributed by atoms with E-state index in [1.807, 2.05) is 0 Å². The van der Waals surface area contributed by atoms with Crippen molar-refractivity contribution in [1.82, 2.24) is 20.0 Å². The number of alkyl halides is 2. The van der Waals surface area contributed by atoms with Gasteiger partial charge in [0.1, 0.15) is 5.69 Å². The van der Waals surface area contributed by atoms with Gasteiger partial charge in [-0.25, -0.2) is 13.5 Å². The minimum atomic E-state index is -2.60. The minimum absolute atomic E-state index is 0.227. The first kappa shape index (κ1) is 11.6. The number of rotatable bonds is 3. The van der Waals surface area contributed by atoms with Crippen LogP contribution >= 0.6 is 0 Å². The molecule has 0 spiro atoms. The Hall–Kier alpha value is -1.89. The first-order valence-corrected chi connectivity index (χ1v) is 4.90. The fourth-order valence-corrected chi connectivity index (χ4v) is 1.42. The van der Waals surface area contributed by atoms with Crippen molar-refractivity contribution in [2.24, 2.45) is 0 Å². The standard InChI is InChI=1S/C10H10F2N4O/c1-6-9(5-17)16(15-14-6)7-2-3-8(10(11)12)13-4-7/h2-4,10,17H,5H2,1H3. The van der Waals surface area contributed by atoms with E-state index in [0.717, 1.165) is 0 Å². The Labute approximate surface area is 95.7 Å². The lowest BCUT2D eigenvalue weighted by molar-refractivity contribution is 0.146. The molecule has 0 radical (unpaired) electrons. The van der Waals surface area contributed by atoms with Gasteiger partial charge in [-0.05, 0) is 19.1 Å². The van der Waals surface area contributed by atoms with Crippen molar-refractivity contribution in [2.45, 2.75) is 20.0 Å². The first-order chi connectivity index (χ1) is 8.13. The molecule has 2 aromatic heterocycles. The molecule has 90 valence electrons. The van der Waals surface area contributed by atoms with Crippen LogP contribution in [0.2, 0.25) is 0 Å². The van der Waals surface area contributed by atoms with Gasteiger partial charge in [0.05, 0.1) is 29.9 Å². The molecule has 0 atom stereocenters. The Morgan fingerprint density at radius 3 is 2.71 bits per heavy atom. The van der Waals surface area contributed by atoms with Crippen LogP contribution in [0.15, 0.2) is 18.3 Å². The molecular formula is C10H10F2N4O. The van der Waals surface area contributed by atoms with Gasteiger partial charge in [-0.2, -0.15) is 0 Å². The van der Waals surface area contributed by atoms with Crippen molar-refractivity contribution >= 4 is 0 Å². The van der Waals surface area contributed by atoms with E-state index in [9.17, 15) is 8.78 Å². The van der Waals surface area contributed by atoms with Crippen LogP contribution in [0.4, 0.5) is 8.78 Å². The summed E-state index contributed by atoms with van der Waals surface area (Å²) in [5.41, 5.74) is 1.29. The number of pyridine rings is 1. The van der Waals surface area contributed by atoms with E-state index in [1.54, 1.807) is 6.92 Å². The van der Waals surface area contributed by atoms with Crippen molar-refractivity contribution in [2.75, 3.05) is 0 Å². The molecule has 0 bridgehead atoms. The third-order valence-corrected chi connectivity index (χ3v) is 2.35. The number of hydrogen-bond acceptors (Lipinski definition) is 4. The Morgan fingerprint density at radius 1 is 1.41 bits per heavy atom. The van der Waals surface area contributed by atoms with E-state index >= 15 is 0 Å². The number of hydrogen-bond donors (Lipinski definition) is 1. The van der Waals surface area contributed by atoms with E-state index < -0.39 is 6.43 Å². The van der Waals surface area contributed by atoms with Gasteiger partial charge in [-0.3, -0.25) is 4.98 Å². The maximum atomic E-state index is 12.3. The van der Waals surface area contributed by atoms with Crippen LogP contribution in [0, 0.1) is 6.92 Å². The fraction of sp³-hybridized carbons (Fsp3) is 0.300. The van der Waals surface area contributed by atoms with Gasteiger partial charge >= 0.3 is 0 Å². The summed E-state index contributed by atoms with van der Waals surface area (Å²) in [4.78, 5) is 3.62. The molecule has 0 fully saturated rings. The maximum Gasteiger partial charge on any atom is 0.280 e. The molecule has 2 heterocycles. The molecule has 0 unspecified atom stereocenters. The van der Waals surface area contributed by atoms with Crippen LogP contribution in [-0.4, -0.2) is 25.1 Å². The molecule has 0 saturated heterocycles. The molecule has 17 heavy (non-hydrogen) atoms. The SMILES string of the molecule is Cc1nnn(-c2ccc(C(F)F)nc2)c1CO. The highest BCUT2D eigenvalue weighted by Gasteiger charge is 2.12. The van der Waals surface area contributed by atoms with Gasteiger partial charge in [0.2, 0.25) is 0 Å². The highest BCUT2D eigenvalue weighted by molar-refractivity contribution is 5.31. The normalized spacial score (nSPS) is 11.1. The van der Waals surface area contributed by atoms with Crippen molar-refractivity contribution in [3.8, 4) is 5.69 Å². The number of aryl methyl sites for hydroxylation is 1. The molecule has 0 amide bonds. The summed E-state index contributed by atoms with van der Waals surface area (Å²) >= 11 is 0. The smallest absolute Gasteiger partial charge is 0.280 e. The number of aliphatic hydroxyl groups is 1. The zero-order valence-electron chi connectivity index (χ0n) is 9.01. The molecule has 0 aliphatic rings. The Balaban J connectivity index is 2.39. The minimum Gasteiger partial charge on any atom is -0.390 e. The number of aliphatic hydroxyl groups excluding tert-OH is 1. The highest BCUT2D eigenvalue weighted by atomic mass is 19.3. The molecule has 0 aliphatic heterocycles. The first-order valence-electron chi connectivity index (χ1n) is 4.90. The van der Waals surface area contributed by atoms with Crippen LogP contribution in [0.3, 0.4) is 0 Å². The van der Waals surface area contributed by atoms with E-state index in [1.165, 1.54) is 23.0 Å². The van der Waals surface area contributed by atoms with Crippen LogP contribution in [0.5, 0.6) is 0 Å². The van der Waals surface area contributed by atoms with E-state index in [-0.39, 0.29) is 12.3 Å². The zero-order chi connectivity index (χ0) is 12.4. The van der Waals surface area contributed by atoms with E-state index in [0.29, 0.717) is 17.1 Å². The van der Waals surface area contributed by atoms with Crippen molar-refractivity contribution in [3.63, 3.8) is 0 Å². The lowest BCUT2D eigenvalue weighted by Gasteiger charge is -2.05. The van der Waals surface area contributed by atoms with Gasteiger partial charge in [0.25, 0.3) is 6.43 Å². The maximum absolute atomic E-state index is 12.3. The number of aromatic nitrogens is 4. The van der Waals surface area contributed by atoms with Gasteiger partial charge in [0, 0.05) is 0 Å². The Bertz CT molecular complexity index is 510. The highest BCUT2D eigenvalue weighted by Crippen LogP contribution is 2.18. The topological polar surface area (TPSA) is 63.8 Å². The summed E-state index contributed by atoms with van der Waals surface area (Å²) in [5.74, 6) is 0. The molecular weight excluding hydrogens is 230 g/mol. The van der Waals surface area contributed by atoms with E-state index in [2.05, 4.69) is 15.3 Å². The molecule has 0 aliphatic carbocycles. The zero-order valence-corrected chi connectivity index (χ0v) is 9.01. The average Bonchev–Trinajstić information content (AvgIpc) is 2.70. The second kappa shape index (κ2) is 4.54. The van der Waals surface area contributed by atoms with Crippen LogP contribution in [0.1, 0.15) is 23.5 Å². The summed E-state index contributed by atoms with van der Waals surface area (Å²) in [6.45, 7) is 1.48. The van der Waals surface area contributed by atoms with Gasteiger partial charge < -0.3 is 5.11 Å². The van der Waals surface area contributed by atoms with Crippen molar-refractivity contribution in [3.05, 3.63) is 35.4 Å².